The maximum atomic E-state index is 10.7. The van der Waals surface area contributed by atoms with E-state index >= 15 is 0 Å². The molecule has 0 heterocycles. The Labute approximate surface area is 109 Å². The van der Waals surface area contributed by atoms with Gasteiger partial charge in [-0.3, -0.25) is 5.32 Å². The first-order valence-electron chi connectivity index (χ1n) is 5.49. The van der Waals surface area contributed by atoms with Gasteiger partial charge in [-0.05, 0) is 34.6 Å². The van der Waals surface area contributed by atoms with Crippen molar-refractivity contribution in [1.82, 2.24) is 5.32 Å². The summed E-state index contributed by atoms with van der Waals surface area (Å²) in [6, 6.07) is 0. The number of nitrogens with one attached hydrogen (secondary N) is 1. The summed E-state index contributed by atoms with van der Waals surface area (Å²) in [5.74, 6) is -1.34. The number of carbonyl (C=O) groups is 2. The predicted octanol–water partition coefficient (Wildman–Crippen LogP) is 2.10. The standard InChI is InChI=1S/C9H17NO2.C4H6O2/c1-6-8(11)12-7(2)10-9(3,4)5;1-3(2)4(5)6/h6-7,10H,1H2,2-5H3;1H2,2H3,(H,5,6). The molecular formula is C13H23NO4. The van der Waals surface area contributed by atoms with Gasteiger partial charge in [0.15, 0.2) is 6.23 Å². The summed E-state index contributed by atoms with van der Waals surface area (Å²) in [5.41, 5.74) is 0.121. The van der Waals surface area contributed by atoms with Gasteiger partial charge in [-0.2, -0.15) is 0 Å². The van der Waals surface area contributed by atoms with E-state index in [-0.39, 0.29) is 17.3 Å². The molecule has 5 nitrogen and oxygen atoms in total. The molecule has 0 amide bonds. The molecule has 0 fully saturated rings. The van der Waals surface area contributed by atoms with Gasteiger partial charge < -0.3 is 9.84 Å². The average molecular weight is 257 g/mol. The summed E-state index contributed by atoms with van der Waals surface area (Å²) in [7, 11) is 0. The minimum absolute atomic E-state index is 0.0547. The Bertz CT molecular complexity index is 303. The molecule has 0 spiro atoms. The van der Waals surface area contributed by atoms with Gasteiger partial charge in [-0.15, -0.1) is 0 Å². The van der Waals surface area contributed by atoms with Crippen LogP contribution in [0.3, 0.4) is 0 Å². The Morgan fingerprint density at radius 3 is 2.00 bits per heavy atom. The third-order valence-corrected chi connectivity index (χ3v) is 1.46. The lowest BCUT2D eigenvalue weighted by molar-refractivity contribution is -0.144. The average Bonchev–Trinajstić information content (AvgIpc) is 2.15. The maximum absolute atomic E-state index is 10.7. The molecule has 0 aromatic carbocycles. The zero-order valence-electron chi connectivity index (χ0n) is 11.7. The van der Waals surface area contributed by atoms with Gasteiger partial charge in [-0.25, -0.2) is 9.59 Å². The van der Waals surface area contributed by atoms with Crippen molar-refractivity contribution in [3.05, 3.63) is 24.8 Å². The summed E-state index contributed by atoms with van der Waals surface area (Å²) in [6.07, 6.45) is 0.872. The van der Waals surface area contributed by atoms with Crippen LogP contribution in [0.15, 0.2) is 24.8 Å². The van der Waals surface area contributed by atoms with Crippen molar-refractivity contribution in [3.63, 3.8) is 0 Å². The largest absolute Gasteiger partial charge is 0.478 e. The molecule has 2 N–H and O–H groups in total. The molecule has 0 bridgehead atoms. The van der Waals surface area contributed by atoms with E-state index in [1.807, 2.05) is 20.8 Å². The van der Waals surface area contributed by atoms with E-state index < -0.39 is 11.9 Å². The Morgan fingerprint density at radius 1 is 1.39 bits per heavy atom. The fourth-order valence-corrected chi connectivity index (χ4v) is 0.862. The van der Waals surface area contributed by atoms with Crippen LogP contribution < -0.4 is 5.32 Å². The normalized spacial score (nSPS) is 11.6. The summed E-state index contributed by atoms with van der Waals surface area (Å²) < 4.78 is 4.91. The van der Waals surface area contributed by atoms with Crippen LogP contribution in [-0.4, -0.2) is 28.8 Å². The second kappa shape index (κ2) is 8.47. The van der Waals surface area contributed by atoms with E-state index in [9.17, 15) is 9.59 Å². The number of hydrogen-bond acceptors (Lipinski definition) is 4. The van der Waals surface area contributed by atoms with Crippen LogP contribution in [0.25, 0.3) is 0 Å². The number of carbonyl (C=O) groups excluding carboxylic acids is 1. The first-order valence-corrected chi connectivity index (χ1v) is 5.49. The van der Waals surface area contributed by atoms with Crippen LogP contribution in [0.2, 0.25) is 0 Å². The number of esters is 1. The first kappa shape index (κ1) is 18.7. The number of carboxylic acids is 1. The second-order valence-corrected chi connectivity index (χ2v) is 4.76. The second-order valence-electron chi connectivity index (χ2n) is 4.76. The molecule has 104 valence electrons. The molecule has 18 heavy (non-hydrogen) atoms. The minimum Gasteiger partial charge on any atom is -0.478 e. The molecule has 0 aromatic heterocycles. The molecular weight excluding hydrogens is 234 g/mol. The molecule has 0 radical (unpaired) electrons. The zero-order valence-corrected chi connectivity index (χ0v) is 11.7. The number of rotatable bonds is 4. The molecule has 1 atom stereocenters. The van der Waals surface area contributed by atoms with Crippen molar-refractivity contribution in [2.75, 3.05) is 0 Å². The van der Waals surface area contributed by atoms with Crippen LogP contribution in [0.4, 0.5) is 0 Å². The first-order chi connectivity index (χ1) is 7.99. The molecule has 0 saturated heterocycles. The molecule has 0 rings (SSSR count). The van der Waals surface area contributed by atoms with Crippen molar-refractivity contribution in [3.8, 4) is 0 Å². The van der Waals surface area contributed by atoms with Gasteiger partial charge in [0.1, 0.15) is 0 Å². The van der Waals surface area contributed by atoms with Crippen LogP contribution in [0.1, 0.15) is 34.6 Å². The van der Waals surface area contributed by atoms with Crippen molar-refractivity contribution < 1.29 is 19.4 Å². The molecule has 0 aliphatic rings. The van der Waals surface area contributed by atoms with Crippen LogP contribution in [0, 0.1) is 0 Å². The maximum Gasteiger partial charge on any atom is 0.331 e. The Hall–Kier alpha value is -1.62. The highest BCUT2D eigenvalue weighted by Crippen LogP contribution is 2.01. The van der Waals surface area contributed by atoms with Gasteiger partial charge in [-0.1, -0.05) is 13.2 Å². The molecule has 5 heteroatoms. The van der Waals surface area contributed by atoms with Gasteiger partial charge in [0.05, 0.1) is 0 Å². The van der Waals surface area contributed by atoms with Crippen molar-refractivity contribution in [2.24, 2.45) is 0 Å². The molecule has 0 saturated carbocycles. The van der Waals surface area contributed by atoms with E-state index in [0.717, 1.165) is 6.08 Å². The zero-order chi connectivity index (χ0) is 14.9. The van der Waals surface area contributed by atoms with Gasteiger partial charge >= 0.3 is 11.9 Å². The highest BCUT2D eigenvalue weighted by atomic mass is 16.6. The number of hydrogen-bond donors (Lipinski definition) is 2. The van der Waals surface area contributed by atoms with E-state index in [2.05, 4.69) is 18.5 Å². The molecule has 0 aromatic rings. The SMILES string of the molecule is C=C(C)C(=O)O.C=CC(=O)OC(C)NC(C)(C)C. The van der Waals surface area contributed by atoms with Crippen LogP contribution in [0.5, 0.6) is 0 Å². The third-order valence-electron chi connectivity index (χ3n) is 1.46. The van der Waals surface area contributed by atoms with E-state index in [4.69, 9.17) is 9.84 Å². The van der Waals surface area contributed by atoms with Crippen molar-refractivity contribution >= 4 is 11.9 Å². The fraction of sp³-hybridized carbons (Fsp3) is 0.538. The highest BCUT2D eigenvalue weighted by molar-refractivity contribution is 5.84. The van der Waals surface area contributed by atoms with Crippen molar-refractivity contribution in [2.45, 2.75) is 46.4 Å². The smallest absolute Gasteiger partial charge is 0.331 e. The number of ether oxygens (including phenoxy) is 1. The lowest BCUT2D eigenvalue weighted by Gasteiger charge is -2.25. The fourth-order valence-electron chi connectivity index (χ4n) is 0.862. The molecule has 1 unspecified atom stereocenters. The summed E-state index contributed by atoms with van der Waals surface area (Å²) in [4.78, 5) is 20.3. The lowest BCUT2D eigenvalue weighted by Crippen LogP contribution is -2.44. The van der Waals surface area contributed by atoms with Gasteiger partial charge in [0, 0.05) is 17.2 Å². The topological polar surface area (TPSA) is 75.6 Å². The summed E-state index contributed by atoms with van der Waals surface area (Å²) in [5, 5.41) is 11.0. The lowest BCUT2D eigenvalue weighted by atomic mass is 10.1. The summed E-state index contributed by atoms with van der Waals surface area (Å²) in [6.45, 7) is 15.7. The van der Waals surface area contributed by atoms with E-state index in [1.54, 1.807) is 6.92 Å². The quantitative estimate of drug-likeness (QED) is 0.458. The van der Waals surface area contributed by atoms with Gasteiger partial charge in [0.2, 0.25) is 0 Å². The van der Waals surface area contributed by atoms with E-state index in [1.165, 1.54) is 6.92 Å². The Balaban J connectivity index is 0. The molecule has 0 aliphatic carbocycles. The minimum atomic E-state index is -0.935. The van der Waals surface area contributed by atoms with Gasteiger partial charge in [0.25, 0.3) is 0 Å². The monoisotopic (exact) mass is 257 g/mol. The number of carboxylic acid groups (broad SMARTS) is 1. The summed E-state index contributed by atoms with van der Waals surface area (Å²) >= 11 is 0. The highest BCUT2D eigenvalue weighted by Gasteiger charge is 2.15. The van der Waals surface area contributed by atoms with Crippen molar-refractivity contribution in [1.29, 1.82) is 0 Å². The Morgan fingerprint density at radius 2 is 1.78 bits per heavy atom. The van der Waals surface area contributed by atoms with Crippen LogP contribution >= 0.6 is 0 Å². The predicted molar refractivity (Wildman–Crippen MR) is 71.1 cm³/mol. The van der Waals surface area contributed by atoms with E-state index in [0.29, 0.717) is 0 Å². The third kappa shape index (κ3) is 14.4. The number of aliphatic carboxylic acids is 1. The molecule has 0 aliphatic heterocycles. The van der Waals surface area contributed by atoms with Crippen LogP contribution in [-0.2, 0) is 14.3 Å². The Kier molecular flexibility index (Phi) is 8.81.